The zero-order valence-electron chi connectivity index (χ0n) is 13.1. The summed E-state index contributed by atoms with van der Waals surface area (Å²) in [6, 6.07) is 11.6. The lowest BCUT2D eigenvalue weighted by molar-refractivity contribution is -0.122. The molecular weight excluding hydrogens is 351 g/mol. The number of carbonyl (C=O) groups is 2. The molecule has 0 aliphatic heterocycles. The van der Waals surface area contributed by atoms with Gasteiger partial charge in [0.1, 0.15) is 5.75 Å². The number of ether oxygens (including phenoxy) is 1. The smallest absolute Gasteiger partial charge is 0.265 e. The highest BCUT2D eigenvalue weighted by Gasteiger charge is 2.16. The van der Waals surface area contributed by atoms with Crippen LogP contribution in [-0.4, -0.2) is 17.9 Å². The second kappa shape index (κ2) is 8.04. The van der Waals surface area contributed by atoms with Gasteiger partial charge in [-0.05, 0) is 37.3 Å². The summed E-state index contributed by atoms with van der Waals surface area (Å²) >= 11 is 11.9. The van der Waals surface area contributed by atoms with Gasteiger partial charge in [-0.2, -0.15) is 0 Å². The third-order valence-electron chi connectivity index (χ3n) is 3.02. The topological polar surface area (TPSA) is 67.4 Å². The SMILES string of the molecule is CC(=O)Nc1cccc(O[C@H](C)C(=O)Nc2cc(Cl)ccc2Cl)c1. The Balaban J connectivity index is 2.03. The maximum absolute atomic E-state index is 12.2. The summed E-state index contributed by atoms with van der Waals surface area (Å²) in [5.41, 5.74) is 1.00. The molecule has 1 atom stereocenters. The number of amides is 2. The predicted molar refractivity (Wildman–Crippen MR) is 95.9 cm³/mol. The molecule has 2 rings (SSSR count). The van der Waals surface area contributed by atoms with Gasteiger partial charge < -0.3 is 15.4 Å². The summed E-state index contributed by atoms with van der Waals surface area (Å²) < 4.78 is 5.60. The maximum Gasteiger partial charge on any atom is 0.265 e. The molecule has 0 saturated heterocycles. The van der Waals surface area contributed by atoms with Crippen molar-refractivity contribution in [2.24, 2.45) is 0 Å². The van der Waals surface area contributed by atoms with Crippen LogP contribution in [0.1, 0.15) is 13.8 Å². The highest BCUT2D eigenvalue weighted by Crippen LogP contribution is 2.26. The number of anilines is 2. The number of nitrogens with one attached hydrogen (secondary N) is 2. The monoisotopic (exact) mass is 366 g/mol. The van der Waals surface area contributed by atoms with Crippen LogP contribution in [0.4, 0.5) is 11.4 Å². The van der Waals surface area contributed by atoms with Crippen LogP contribution in [0.2, 0.25) is 10.0 Å². The summed E-state index contributed by atoms with van der Waals surface area (Å²) in [7, 11) is 0. The van der Waals surface area contributed by atoms with Crippen LogP contribution in [0.25, 0.3) is 0 Å². The van der Waals surface area contributed by atoms with Crippen molar-refractivity contribution >= 4 is 46.4 Å². The van der Waals surface area contributed by atoms with Crippen molar-refractivity contribution in [1.29, 1.82) is 0 Å². The van der Waals surface area contributed by atoms with Crippen LogP contribution in [-0.2, 0) is 9.59 Å². The van der Waals surface area contributed by atoms with Gasteiger partial charge in [-0.15, -0.1) is 0 Å². The lowest BCUT2D eigenvalue weighted by Gasteiger charge is -2.16. The fourth-order valence-corrected chi connectivity index (χ4v) is 2.27. The van der Waals surface area contributed by atoms with Gasteiger partial charge in [0.2, 0.25) is 5.91 Å². The van der Waals surface area contributed by atoms with Crippen molar-refractivity contribution in [2.75, 3.05) is 10.6 Å². The van der Waals surface area contributed by atoms with Crippen molar-refractivity contribution in [1.82, 2.24) is 0 Å². The lowest BCUT2D eigenvalue weighted by atomic mass is 10.2. The molecule has 2 N–H and O–H groups in total. The van der Waals surface area contributed by atoms with Crippen LogP contribution in [0.3, 0.4) is 0 Å². The standard InChI is InChI=1S/C17H16Cl2N2O3/c1-10(17(23)21-16-8-12(18)6-7-15(16)19)24-14-5-3-4-13(9-14)20-11(2)22/h3-10H,1-2H3,(H,20,22)(H,21,23)/t10-/m1/s1. The van der Waals surface area contributed by atoms with Gasteiger partial charge >= 0.3 is 0 Å². The Morgan fingerprint density at radius 3 is 2.54 bits per heavy atom. The second-order valence-electron chi connectivity index (χ2n) is 5.08. The molecule has 0 aliphatic carbocycles. The molecule has 0 fully saturated rings. The fraction of sp³-hybridized carbons (Fsp3) is 0.176. The number of hydrogen-bond donors (Lipinski definition) is 2. The maximum atomic E-state index is 12.2. The van der Waals surface area contributed by atoms with Crippen molar-refractivity contribution in [3.63, 3.8) is 0 Å². The van der Waals surface area contributed by atoms with E-state index in [1.54, 1.807) is 49.4 Å². The van der Waals surface area contributed by atoms with E-state index < -0.39 is 6.10 Å². The molecule has 0 spiro atoms. The Morgan fingerprint density at radius 1 is 1.08 bits per heavy atom. The second-order valence-corrected chi connectivity index (χ2v) is 5.93. The molecule has 2 aromatic rings. The van der Waals surface area contributed by atoms with Gasteiger partial charge in [0.15, 0.2) is 6.10 Å². The third kappa shape index (κ3) is 5.15. The van der Waals surface area contributed by atoms with Gasteiger partial charge in [0, 0.05) is 23.7 Å². The molecule has 5 nitrogen and oxygen atoms in total. The van der Waals surface area contributed by atoms with Crippen molar-refractivity contribution < 1.29 is 14.3 Å². The highest BCUT2D eigenvalue weighted by molar-refractivity contribution is 6.35. The summed E-state index contributed by atoms with van der Waals surface area (Å²) in [5, 5.41) is 6.16. The van der Waals surface area contributed by atoms with Crippen LogP contribution < -0.4 is 15.4 Å². The van der Waals surface area contributed by atoms with Crippen LogP contribution >= 0.6 is 23.2 Å². The van der Waals surface area contributed by atoms with E-state index in [-0.39, 0.29) is 11.8 Å². The van der Waals surface area contributed by atoms with Crippen LogP contribution in [0.5, 0.6) is 5.75 Å². The Labute approximate surface area is 149 Å². The van der Waals surface area contributed by atoms with Crippen LogP contribution in [0.15, 0.2) is 42.5 Å². The fourth-order valence-electron chi connectivity index (χ4n) is 1.94. The van der Waals surface area contributed by atoms with Crippen molar-refractivity contribution in [2.45, 2.75) is 20.0 Å². The molecule has 126 valence electrons. The molecule has 0 unspecified atom stereocenters. The first kappa shape index (κ1) is 18.1. The first-order valence-electron chi connectivity index (χ1n) is 7.15. The van der Waals surface area contributed by atoms with E-state index in [0.29, 0.717) is 27.2 Å². The van der Waals surface area contributed by atoms with Gasteiger partial charge in [-0.25, -0.2) is 0 Å². The molecule has 0 aromatic heterocycles. The summed E-state index contributed by atoms with van der Waals surface area (Å²) in [6.07, 6.45) is -0.771. The van der Waals surface area contributed by atoms with Gasteiger partial charge in [0.25, 0.3) is 5.91 Å². The van der Waals surface area contributed by atoms with E-state index in [0.717, 1.165) is 0 Å². The van der Waals surface area contributed by atoms with E-state index in [2.05, 4.69) is 10.6 Å². The normalized spacial score (nSPS) is 11.5. The Hall–Kier alpha value is -2.24. The molecule has 0 bridgehead atoms. The van der Waals surface area contributed by atoms with Gasteiger partial charge in [-0.3, -0.25) is 9.59 Å². The molecule has 2 aromatic carbocycles. The van der Waals surface area contributed by atoms with Crippen molar-refractivity contribution in [3.8, 4) is 5.75 Å². The highest BCUT2D eigenvalue weighted by atomic mass is 35.5. The number of rotatable bonds is 5. The molecular formula is C17H16Cl2N2O3. The first-order chi connectivity index (χ1) is 11.3. The Kier molecular flexibility index (Phi) is 6.06. The molecule has 0 radical (unpaired) electrons. The molecule has 2 amide bonds. The van der Waals surface area contributed by atoms with Gasteiger partial charge in [-0.1, -0.05) is 29.3 Å². The van der Waals surface area contributed by atoms with Crippen molar-refractivity contribution in [3.05, 3.63) is 52.5 Å². The average molecular weight is 367 g/mol. The largest absolute Gasteiger partial charge is 0.481 e. The minimum atomic E-state index is -0.771. The van der Waals surface area contributed by atoms with Crippen LogP contribution in [0, 0.1) is 0 Å². The molecule has 0 heterocycles. The van der Waals surface area contributed by atoms with E-state index in [1.807, 2.05) is 0 Å². The summed E-state index contributed by atoms with van der Waals surface area (Å²) in [5.74, 6) is -0.0984. The predicted octanol–water partition coefficient (Wildman–Crippen LogP) is 4.36. The van der Waals surface area contributed by atoms with E-state index in [4.69, 9.17) is 27.9 Å². The summed E-state index contributed by atoms with van der Waals surface area (Å²) in [4.78, 5) is 23.3. The van der Waals surface area contributed by atoms with E-state index >= 15 is 0 Å². The average Bonchev–Trinajstić information content (AvgIpc) is 2.50. The molecule has 0 saturated carbocycles. The third-order valence-corrected chi connectivity index (χ3v) is 3.59. The number of benzene rings is 2. The minimum Gasteiger partial charge on any atom is -0.481 e. The number of halogens is 2. The van der Waals surface area contributed by atoms with E-state index in [9.17, 15) is 9.59 Å². The zero-order valence-corrected chi connectivity index (χ0v) is 14.6. The first-order valence-corrected chi connectivity index (χ1v) is 7.91. The molecule has 0 aliphatic rings. The molecule has 24 heavy (non-hydrogen) atoms. The van der Waals surface area contributed by atoms with E-state index in [1.165, 1.54) is 6.92 Å². The lowest BCUT2D eigenvalue weighted by Crippen LogP contribution is -2.30. The quantitative estimate of drug-likeness (QED) is 0.825. The number of hydrogen-bond acceptors (Lipinski definition) is 3. The molecule has 7 heteroatoms. The van der Waals surface area contributed by atoms with Gasteiger partial charge in [0.05, 0.1) is 10.7 Å². The Morgan fingerprint density at radius 2 is 1.83 bits per heavy atom. The number of carbonyl (C=O) groups excluding carboxylic acids is 2. The zero-order chi connectivity index (χ0) is 17.7. The summed E-state index contributed by atoms with van der Waals surface area (Å²) in [6.45, 7) is 3.02. The minimum absolute atomic E-state index is 0.187. The Bertz CT molecular complexity index is 765.